The van der Waals surface area contributed by atoms with Crippen LogP contribution < -0.4 is 5.73 Å². The van der Waals surface area contributed by atoms with Crippen LogP contribution in [0, 0.1) is 5.82 Å². The maximum absolute atomic E-state index is 12.8. The Hall–Kier alpha value is -1.79. The van der Waals surface area contributed by atoms with Crippen LogP contribution in [-0.2, 0) is 19.4 Å². The molecule has 0 bridgehead atoms. The first-order valence-corrected chi connectivity index (χ1v) is 6.85. The van der Waals surface area contributed by atoms with Crippen molar-refractivity contribution in [1.29, 1.82) is 0 Å². The fourth-order valence-corrected chi connectivity index (χ4v) is 2.78. The van der Waals surface area contributed by atoms with Gasteiger partial charge in [-0.05, 0) is 24.1 Å². The van der Waals surface area contributed by atoms with Crippen LogP contribution in [0.25, 0.3) is 4.96 Å². The molecule has 0 aliphatic rings. The van der Waals surface area contributed by atoms with E-state index in [-0.39, 0.29) is 5.82 Å². The number of fused-ring (bicyclic) bond motifs is 1. The predicted octanol–water partition coefficient (Wildman–Crippen LogP) is 2.17. The van der Waals surface area contributed by atoms with E-state index in [1.807, 2.05) is 6.20 Å². The number of rotatable bonds is 4. The molecule has 3 aromatic rings. The van der Waals surface area contributed by atoms with Gasteiger partial charge in [-0.3, -0.25) is 0 Å². The second-order valence-corrected chi connectivity index (χ2v) is 5.33. The monoisotopic (exact) mass is 276 g/mol. The van der Waals surface area contributed by atoms with Crippen LogP contribution in [0.5, 0.6) is 0 Å². The Bertz CT molecular complexity index is 655. The lowest BCUT2D eigenvalue weighted by molar-refractivity contribution is 0.627. The molecule has 2 N–H and O–H groups in total. The third-order valence-electron chi connectivity index (χ3n) is 2.88. The molecule has 1 aromatic carbocycles. The molecule has 0 spiro atoms. The van der Waals surface area contributed by atoms with E-state index < -0.39 is 0 Å². The number of aromatic nitrogens is 3. The van der Waals surface area contributed by atoms with E-state index in [1.165, 1.54) is 12.1 Å². The minimum absolute atomic E-state index is 0.203. The fourth-order valence-electron chi connectivity index (χ4n) is 1.89. The Morgan fingerprint density at radius 3 is 2.68 bits per heavy atom. The Morgan fingerprint density at radius 2 is 2.00 bits per heavy atom. The van der Waals surface area contributed by atoms with Gasteiger partial charge in [-0.1, -0.05) is 23.5 Å². The lowest BCUT2D eigenvalue weighted by Crippen LogP contribution is -1.96. The summed E-state index contributed by atoms with van der Waals surface area (Å²) in [5, 5.41) is 5.48. The first-order valence-electron chi connectivity index (χ1n) is 6.03. The molecule has 2 heterocycles. The van der Waals surface area contributed by atoms with Crippen LogP contribution >= 0.6 is 11.3 Å². The van der Waals surface area contributed by atoms with E-state index >= 15 is 0 Å². The average Bonchev–Trinajstić information content (AvgIpc) is 2.95. The van der Waals surface area contributed by atoms with Gasteiger partial charge >= 0.3 is 0 Å². The number of nitrogens with zero attached hydrogens (tertiary/aromatic N) is 3. The molecule has 2 aromatic heterocycles. The summed E-state index contributed by atoms with van der Waals surface area (Å²) in [7, 11) is 0. The van der Waals surface area contributed by atoms with Crippen molar-refractivity contribution >= 4 is 16.3 Å². The van der Waals surface area contributed by atoms with Crippen LogP contribution in [0.4, 0.5) is 4.39 Å². The Labute approximate surface area is 113 Å². The van der Waals surface area contributed by atoms with Gasteiger partial charge in [0, 0.05) is 13.0 Å². The third kappa shape index (κ3) is 2.64. The molecule has 0 atom stereocenters. The van der Waals surface area contributed by atoms with Gasteiger partial charge in [0.15, 0.2) is 0 Å². The average molecular weight is 276 g/mol. The van der Waals surface area contributed by atoms with E-state index in [0.29, 0.717) is 6.54 Å². The Kier molecular flexibility index (Phi) is 3.27. The van der Waals surface area contributed by atoms with E-state index in [0.717, 1.165) is 34.1 Å². The van der Waals surface area contributed by atoms with Gasteiger partial charge in [0.25, 0.3) is 0 Å². The van der Waals surface area contributed by atoms with Gasteiger partial charge in [-0.25, -0.2) is 13.9 Å². The maximum Gasteiger partial charge on any atom is 0.212 e. The Balaban J connectivity index is 1.71. The van der Waals surface area contributed by atoms with Gasteiger partial charge in [0.05, 0.1) is 11.9 Å². The number of hydrogen-bond acceptors (Lipinski definition) is 4. The molecule has 0 saturated heterocycles. The number of nitrogens with two attached hydrogens (primary N) is 1. The zero-order valence-electron chi connectivity index (χ0n) is 10.2. The van der Waals surface area contributed by atoms with Crippen molar-refractivity contribution in [3.63, 3.8) is 0 Å². The fraction of sp³-hybridized carbons (Fsp3) is 0.231. The molecule has 0 aliphatic carbocycles. The van der Waals surface area contributed by atoms with Crippen LogP contribution in [0.15, 0.2) is 30.5 Å². The zero-order chi connectivity index (χ0) is 13.2. The lowest BCUT2D eigenvalue weighted by atomic mass is 10.1. The molecule has 6 heteroatoms. The highest BCUT2D eigenvalue weighted by Crippen LogP contribution is 2.16. The second kappa shape index (κ2) is 5.07. The van der Waals surface area contributed by atoms with Gasteiger partial charge in [0.1, 0.15) is 10.8 Å². The number of imidazole rings is 1. The molecule has 98 valence electrons. The summed E-state index contributed by atoms with van der Waals surface area (Å²) in [6.07, 6.45) is 3.53. The molecule has 4 nitrogen and oxygen atoms in total. The normalized spacial score (nSPS) is 11.3. The molecule has 19 heavy (non-hydrogen) atoms. The first kappa shape index (κ1) is 12.3. The largest absolute Gasteiger partial charge is 0.325 e. The first-order chi connectivity index (χ1) is 9.24. The van der Waals surface area contributed by atoms with Crippen molar-refractivity contribution in [2.75, 3.05) is 0 Å². The molecule has 0 fully saturated rings. The van der Waals surface area contributed by atoms with Crippen molar-refractivity contribution in [3.8, 4) is 0 Å². The number of halogens is 1. The molecule has 0 unspecified atom stereocenters. The van der Waals surface area contributed by atoms with Crippen molar-refractivity contribution in [2.45, 2.75) is 19.4 Å². The number of benzene rings is 1. The van der Waals surface area contributed by atoms with Crippen LogP contribution in [-0.4, -0.2) is 14.6 Å². The lowest BCUT2D eigenvalue weighted by Gasteiger charge is -1.98. The summed E-state index contributed by atoms with van der Waals surface area (Å²) >= 11 is 1.57. The summed E-state index contributed by atoms with van der Waals surface area (Å²) in [6.45, 7) is 0.432. The molecule has 3 rings (SSSR count). The molecule has 0 aliphatic heterocycles. The number of aryl methyl sites for hydroxylation is 2. The molecule has 0 amide bonds. The topological polar surface area (TPSA) is 56.2 Å². The third-order valence-corrected chi connectivity index (χ3v) is 3.87. The highest BCUT2D eigenvalue weighted by molar-refractivity contribution is 7.16. The summed E-state index contributed by atoms with van der Waals surface area (Å²) in [5.41, 5.74) is 7.49. The molecular weight excluding hydrogens is 263 g/mol. The molecule has 0 saturated carbocycles. The summed E-state index contributed by atoms with van der Waals surface area (Å²) in [6, 6.07) is 6.58. The minimum Gasteiger partial charge on any atom is -0.325 e. The van der Waals surface area contributed by atoms with Crippen molar-refractivity contribution < 1.29 is 4.39 Å². The SMILES string of the molecule is NCc1cn2nc(CCc3ccc(F)cc3)sc2n1. The number of hydrogen-bond donors (Lipinski definition) is 1. The maximum atomic E-state index is 12.8. The van der Waals surface area contributed by atoms with E-state index in [4.69, 9.17) is 5.73 Å². The molecule has 0 radical (unpaired) electrons. The van der Waals surface area contributed by atoms with E-state index in [1.54, 1.807) is 28.0 Å². The van der Waals surface area contributed by atoms with Crippen LogP contribution in [0.3, 0.4) is 0 Å². The molecular formula is C13H13FN4S. The van der Waals surface area contributed by atoms with Gasteiger partial charge in [-0.2, -0.15) is 5.10 Å². The van der Waals surface area contributed by atoms with Crippen molar-refractivity contribution in [3.05, 3.63) is 52.5 Å². The summed E-state index contributed by atoms with van der Waals surface area (Å²) < 4.78 is 14.6. The zero-order valence-corrected chi connectivity index (χ0v) is 11.0. The van der Waals surface area contributed by atoms with Crippen molar-refractivity contribution in [1.82, 2.24) is 14.6 Å². The van der Waals surface area contributed by atoms with E-state index in [2.05, 4.69) is 10.1 Å². The smallest absolute Gasteiger partial charge is 0.212 e. The quantitative estimate of drug-likeness (QED) is 0.794. The van der Waals surface area contributed by atoms with Crippen LogP contribution in [0.2, 0.25) is 0 Å². The van der Waals surface area contributed by atoms with E-state index in [9.17, 15) is 4.39 Å². The highest BCUT2D eigenvalue weighted by Gasteiger charge is 2.07. The van der Waals surface area contributed by atoms with Crippen LogP contribution in [0.1, 0.15) is 16.3 Å². The van der Waals surface area contributed by atoms with Gasteiger partial charge in [0.2, 0.25) is 4.96 Å². The Morgan fingerprint density at radius 1 is 1.21 bits per heavy atom. The van der Waals surface area contributed by atoms with Crippen molar-refractivity contribution in [2.24, 2.45) is 5.73 Å². The van der Waals surface area contributed by atoms with Gasteiger partial charge < -0.3 is 5.73 Å². The van der Waals surface area contributed by atoms with Gasteiger partial charge in [-0.15, -0.1) is 0 Å². The highest BCUT2D eigenvalue weighted by atomic mass is 32.1. The summed E-state index contributed by atoms with van der Waals surface area (Å²) in [5.74, 6) is -0.203. The summed E-state index contributed by atoms with van der Waals surface area (Å²) in [4.78, 5) is 5.23. The second-order valence-electron chi connectivity index (χ2n) is 4.29. The minimum atomic E-state index is -0.203. The standard InChI is InChI=1S/C13H13FN4S/c14-10-4-1-9(2-5-10)3-6-12-17-18-8-11(7-15)16-13(18)19-12/h1-2,4-5,8H,3,6-7,15H2. The predicted molar refractivity (Wildman–Crippen MR) is 72.6 cm³/mol.